The van der Waals surface area contributed by atoms with E-state index in [4.69, 9.17) is 4.74 Å². The van der Waals surface area contributed by atoms with Crippen LogP contribution in [0.4, 0.5) is 5.95 Å². The molecule has 3 heterocycles. The molecule has 2 fully saturated rings. The zero-order valence-corrected chi connectivity index (χ0v) is 15.5. The summed E-state index contributed by atoms with van der Waals surface area (Å²) in [5, 5.41) is 0. The first-order valence-electron chi connectivity index (χ1n) is 8.67. The number of para-hydroxylation sites is 1. The molecule has 0 radical (unpaired) electrons. The van der Waals surface area contributed by atoms with Crippen LogP contribution in [0.3, 0.4) is 0 Å². The summed E-state index contributed by atoms with van der Waals surface area (Å²) in [5.74, 6) is 1.77. The number of piperazine rings is 1. The highest BCUT2D eigenvalue weighted by Gasteiger charge is 2.47. The second-order valence-electron chi connectivity index (χ2n) is 6.74. The summed E-state index contributed by atoms with van der Waals surface area (Å²) in [5.41, 5.74) is 1.07. The Bertz CT molecular complexity index is 875. The van der Waals surface area contributed by atoms with Crippen molar-refractivity contribution in [1.82, 2.24) is 14.9 Å². The van der Waals surface area contributed by atoms with E-state index in [1.54, 1.807) is 25.6 Å². The molecule has 2 aliphatic rings. The second kappa shape index (κ2) is 6.85. The lowest BCUT2D eigenvalue weighted by atomic mass is 10.0. The molecule has 1 aromatic carbocycles. The molecule has 2 atom stereocenters. The van der Waals surface area contributed by atoms with Gasteiger partial charge in [-0.2, -0.15) is 0 Å². The van der Waals surface area contributed by atoms with Gasteiger partial charge in [0.25, 0.3) is 0 Å². The molecule has 2 saturated heterocycles. The Morgan fingerprint density at radius 3 is 2.58 bits per heavy atom. The molecule has 0 amide bonds. The van der Waals surface area contributed by atoms with E-state index in [2.05, 4.69) is 14.9 Å². The van der Waals surface area contributed by atoms with Gasteiger partial charge in [-0.05, 0) is 12.1 Å². The number of fused-ring (bicyclic) bond motifs is 1. The predicted molar refractivity (Wildman–Crippen MR) is 99.0 cm³/mol. The smallest absolute Gasteiger partial charge is 0.225 e. The molecular weight excluding hydrogens is 352 g/mol. The van der Waals surface area contributed by atoms with Gasteiger partial charge >= 0.3 is 0 Å². The molecule has 0 N–H and O–H groups in total. The Morgan fingerprint density at radius 1 is 1.08 bits per heavy atom. The predicted octanol–water partition coefficient (Wildman–Crippen LogP) is 0.973. The Hall–Kier alpha value is -2.19. The van der Waals surface area contributed by atoms with E-state index in [0.29, 0.717) is 19.0 Å². The molecule has 0 unspecified atom stereocenters. The third-order valence-electron chi connectivity index (χ3n) is 5.17. The first-order chi connectivity index (χ1) is 12.6. The molecule has 1 aromatic heterocycles. The van der Waals surface area contributed by atoms with Gasteiger partial charge in [0.15, 0.2) is 9.84 Å². The highest BCUT2D eigenvalue weighted by atomic mass is 32.2. The van der Waals surface area contributed by atoms with E-state index in [0.717, 1.165) is 17.9 Å². The normalized spacial score (nSPS) is 25.0. The van der Waals surface area contributed by atoms with Crippen LogP contribution < -0.4 is 9.64 Å². The van der Waals surface area contributed by atoms with Gasteiger partial charge in [-0.3, -0.25) is 4.90 Å². The van der Waals surface area contributed by atoms with Crippen LogP contribution in [0, 0.1) is 0 Å². The first kappa shape index (κ1) is 17.2. The van der Waals surface area contributed by atoms with Crippen molar-refractivity contribution in [2.75, 3.05) is 36.6 Å². The lowest BCUT2D eigenvalue weighted by Crippen LogP contribution is -2.59. The number of hydrogen-bond donors (Lipinski definition) is 0. The SMILES string of the molecule is COc1ccccc1CN1CCN(c2ncccn2)[C@@H]2CS(=O)(=O)C[C@@H]21. The van der Waals surface area contributed by atoms with Crippen LogP contribution in [-0.2, 0) is 16.4 Å². The Kier molecular flexibility index (Phi) is 4.54. The van der Waals surface area contributed by atoms with Crippen molar-refractivity contribution in [1.29, 1.82) is 0 Å². The van der Waals surface area contributed by atoms with Gasteiger partial charge < -0.3 is 9.64 Å². The molecule has 8 heteroatoms. The first-order valence-corrected chi connectivity index (χ1v) is 10.5. The lowest BCUT2D eigenvalue weighted by molar-refractivity contribution is 0.157. The fraction of sp³-hybridized carbons (Fsp3) is 0.444. The lowest BCUT2D eigenvalue weighted by Gasteiger charge is -2.44. The zero-order valence-electron chi connectivity index (χ0n) is 14.7. The molecule has 4 rings (SSSR count). The van der Waals surface area contributed by atoms with Gasteiger partial charge in [0, 0.05) is 43.6 Å². The summed E-state index contributed by atoms with van der Waals surface area (Å²) >= 11 is 0. The van der Waals surface area contributed by atoms with E-state index >= 15 is 0 Å². The van der Waals surface area contributed by atoms with Crippen molar-refractivity contribution in [2.45, 2.75) is 18.6 Å². The largest absolute Gasteiger partial charge is 0.496 e. The number of ether oxygens (including phenoxy) is 1. The van der Waals surface area contributed by atoms with Crippen LogP contribution in [0.2, 0.25) is 0 Å². The van der Waals surface area contributed by atoms with Crippen molar-refractivity contribution >= 4 is 15.8 Å². The van der Waals surface area contributed by atoms with Gasteiger partial charge in [-0.1, -0.05) is 18.2 Å². The van der Waals surface area contributed by atoms with Crippen molar-refractivity contribution < 1.29 is 13.2 Å². The average molecular weight is 374 g/mol. The number of sulfone groups is 1. The number of anilines is 1. The van der Waals surface area contributed by atoms with Crippen molar-refractivity contribution in [2.24, 2.45) is 0 Å². The van der Waals surface area contributed by atoms with Crippen LogP contribution in [0.15, 0.2) is 42.7 Å². The summed E-state index contributed by atoms with van der Waals surface area (Å²) in [7, 11) is -1.42. The maximum Gasteiger partial charge on any atom is 0.225 e. The van der Waals surface area contributed by atoms with Crippen LogP contribution in [0.1, 0.15) is 5.56 Å². The molecule has 7 nitrogen and oxygen atoms in total. The fourth-order valence-electron chi connectivity index (χ4n) is 3.96. The molecular formula is C18H22N4O3S. The van der Waals surface area contributed by atoms with E-state index in [9.17, 15) is 8.42 Å². The minimum atomic E-state index is -3.08. The molecule has 0 saturated carbocycles. The standard InChI is InChI=1S/C18H22N4O3S/c1-25-17-6-3-2-5-14(17)11-21-9-10-22(18-19-7-4-8-20-18)16-13-26(23,24)12-15(16)21/h2-8,15-16H,9-13H2,1H3/t15-,16+/m0/s1. The van der Waals surface area contributed by atoms with Crippen molar-refractivity contribution in [3.63, 3.8) is 0 Å². The minimum absolute atomic E-state index is 0.0672. The van der Waals surface area contributed by atoms with E-state index < -0.39 is 9.84 Å². The van der Waals surface area contributed by atoms with E-state index in [-0.39, 0.29) is 23.6 Å². The summed E-state index contributed by atoms with van der Waals surface area (Å²) in [6.07, 6.45) is 3.39. The minimum Gasteiger partial charge on any atom is -0.496 e. The second-order valence-corrected chi connectivity index (χ2v) is 8.89. The molecule has 2 aliphatic heterocycles. The van der Waals surface area contributed by atoms with Crippen molar-refractivity contribution in [3.05, 3.63) is 48.3 Å². The van der Waals surface area contributed by atoms with Crippen molar-refractivity contribution in [3.8, 4) is 5.75 Å². The van der Waals surface area contributed by atoms with Crippen LogP contribution in [0.5, 0.6) is 5.75 Å². The molecule has 0 aliphatic carbocycles. The molecule has 0 spiro atoms. The van der Waals surface area contributed by atoms with Crippen LogP contribution in [-0.4, -0.2) is 67.1 Å². The summed E-state index contributed by atoms with van der Waals surface area (Å²) in [6.45, 7) is 2.13. The van der Waals surface area contributed by atoms with Gasteiger partial charge in [0.05, 0.1) is 24.7 Å². The zero-order chi connectivity index (χ0) is 18.1. The average Bonchev–Trinajstić information content (AvgIpc) is 2.98. The van der Waals surface area contributed by atoms with Gasteiger partial charge in [-0.15, -0.1) is 0 Å². The Balaban J connectivity index is 1.61. The topological polar surface area (TPSA) is 75.6 Å². The maximum atomic E-state index is 12.4. The van der Waals surface area contributed by atoms with Gasteiger partial charge in [-0.25, -0.2) is 18.4 Å². The quantitative estimate of drug-likeness (QED) is 0.789. The van der Waals surface area contributed by atoms with Crippen LogP contribution >= 0.6 is 0 Å². The van der Waals surface area contributed by atoms with Gasteiger partial charge in [0.2, 0.25) is 5.95 Å². The third-order valence-corrected chi connectivity index (χ3v) is 6.86. The number of methoxy groups -OCH3 is 1. The molecule has 0 bridgehead atoms. The Morgan fingerprint density at radius 2 is 1.81 bits per heavy atom. The summed E-state index contributed by atoms with van der Waals surface area (Å²) < 4.78 is 30.2. The highest BCUT2D eigenvalue weighted by molar-refractivity contribution is 7.91. The fourth-order valence-corrected chi connectivity index (χ4v) is 5.97. The maximum absolute atomic E-state index is 12.4. The van der Waals surface area contributed by atoms with Crippen LogP contribution in [0.25, 0.3) is 0 Å². The number of nitrogens with zero attached hydrogens (tertiary/aromatic N) is 4. The summed E-state index contributed by atoms with van der Waals surface area (Å²) in [4.78, 5) is 13.0. The molecule has 138 valence electrons. The molecule has 26 heavy (non-hydrogen) atoms. The van der Waals surface area contributed by atoms with E-state index in [1.165, 1.54) is 0 Å². The summed E-state index contributed by atoms with van der Waals surface area (Å²) in [6, 6.07) is 9.47. The molecule has 2 aromatic rings. The monoisotopic (exact) mass is 374 g/mol. The number of aromatic nitrogens is 2. The van der Waals surface area contributed by atoms with E-state index in [1.807, 2.05) is 29.2 Å². The highest BCUT2D eigenvalue weighted by Crippen LogP contribution is 2.31. The number of benzene rings is 1. The number of rotatable bonds is 4. The third kappa shape index (κ3) is 3.26. The Labute approximate surface area is 153 Å². The van der Waals surface area contributed by atoms with Gasteiger partial charge in [0.1, 0.15) is 5.75 Å². The number of hydrogen-bond acceptors (Lipinski definition) is 7.